The number of carbonyl (C=O) groups is 2. The van der Waals surface area contributed by atoms with Gasteiger partial charge in [-0.25, -0.2) is 4.98 Å². The zero-order valence-electron chi connectivity index (χ0n) is 15.6. The highest BCUT2D eigenvalue weighted by atomic mass is 35.5. The molecular weight excluding hydrogens is 354 g/mol. The number of nitrogens with one attached hydrogen (secondary N) is 1. The molecule has 0 saturated carbocycles. The molecule has 7 nitrogen and oxygen atoms in total. The van der Waals surface area contributed by atoms with Gasteiger partial charge in [0, 0.05) is 45.3 Å². The SMILES string of the molecule is CCCC(C)(N)C(=O)NCCC(=O)N1CCN(c2ccccn2)CC1.Cl. The summed E-state index contributed by atoms with van der Waals surface area (Å²) >= 11 is 0. The van der Waals surface area contributed by atoms with Crippen LogP contribution < -0.4 is 16.0 Å². The smallest absolute Gasteiger partial charge is 0.239 e. The van der Waals surface area contributed by atoms with E-state index in [-0.39, 0.29) is 24.2 Å². The van der Waals surface area contributed by atoms with Gasteiger partial charge in [-0.3, -0.25) is 9.59 Å². The molecule has 2 amide bonds. The molecule has 26 heavy (non-hydrogen) atoms. The largest absolute Gasteiger partial charge is 0.354 e. The van der Waals surface area contributed by atoms with Gasteiger partial charge in [0.05, 0.1) is 5.54 Å². The summed E-state index contributed by atoms with van der Waals surface area (Å²) in [6.07, 6.45) is 3.55. The average molecular weight is 384 g/mol. The first-order chi connectivity index (χ1) is 11.9. The fourth-order valence-corrected chi connectivity index (χ4v) is 3.00. The van der Waals surface area contributed by atoms with Gasteiger partial charge in [-0.2, -0.15) is 0 Å². The number of carbonyl (C=O) groups excluding carboxylic acids is 2. The van der Waals surface area contributed by atoms with E-state index in [9.17, 15) is 9.59 Å². The maximum Gasteiger partial charge on any atom is 0.239 e. The first kappa shape index (κ1) is 22.2. The van der Waals surface area contributed by atoms with Gasteiger partial charge in [0.2, 0.25) is 11.8 Å². The lowest BCUT2D eigenvalue weighted by molar-refractivity contribution is -0.131. The molecule has 0 aromatic carbocycles. The maximum atomic E-state index is 12.3. The Balaban J connectivity index is 0.00000338. The van der Waals surface area contributed by atoms with Crippen molar-refractivity contribution in [3.63, 3.8) is 0 Å². The molecule has 1 aromatic heterocycles. The number of halogens is 1. The normalized spacial score (nSPS) is 16.4. The molecule has 2 rings (SSSR count). The molecule has 1 aliphatic rings. The first-order valence-electron chi connectivity index (χ1n) is 8.95. The molecule has 1 atom stereocenters. The molecule has 0 aliphatic carbocycles. The zero-order chi connectivity index (χ0) is 18.3. The van der Waals surface area contributed by atoms with E-state index < -0.39 is 5.54 Å². The number of hydrogen-bond acceptors (Lipinski definition) is 5. The van der Waals surface area contributed by atoms with Crippen LogP contribution in [-0.4, -0.2) is 60.0 Å². The van der Waals surface area contributed by atoms with E-state index in [1.807, 2.05) is 30.0 Å². The summed E-state index contributed by atoms with van der Waals surface area (Å²) in [5, 5.41) is 2.78. The van der Waals surface area contributed by atoms with Crippen LogP contribution in [0.3, 0.4) is 0 Å². The third kappa shape index (κ3) is 6.14. The Morgan fingerprint density at radius 3 is 2.54 bits per heavy atom. The number of pyridine rings is 1. The van der Waals surface area contributed by atoms with Gasteiger partial charge in [-0.15, -0.1) is 12.4 Å². The molecule has 2 heterocycles. The topological polar surface area (TPSA) is 91.6 Å². The number of nitrogens with zero attached hydrogens (tertiary/aromatic N) is 3. The van der Waals surface area contributed by atoms with Crippen molar-refractivity contribution in [1.82, 2.24) is 15.2 Å². The third-order valence-corrected chi connectivity index (χ3v) is 4.52. The molecule has 1 saturated heterocycles. The van der Waals surface area contributed by atoms with Gasteiger partial charge in [0.1, 0.15) is 5.82 Å². The van der Waals surface area contributed by atoms with Crippen LogP contribution in [0.25, 0.3) is 0 Å². The minimum Gasteiger partial charge on any atom is -0.354 e. The predicted octanol–water partition coefficient (Wildman–Crippen LogP) is 1.18. The Kier molecular flexibility index (Phi) is 8.81. The molecule has 1 unspecified atom stereocenters. The lowest BCUT2D eigenvalue weighted by Gasteiger charge is -2.35. The van der Waals surface area contributed by atoms with Crippen molar-refractivity contribution in [2.75, 3.05) is 37.6 Å². The summed E-state index contributed by atoms with van der Waals surface area (Å²) in [5.74, 6) is 0.817. The minimum atomic E-state index is -0.869. The summed E-state index contributed by atoms with van der Waals surface area (Å²) in [5.41, 5.74) is 5.11. The number of hydrogen-bond donors (Lipinski definition) is 2. The molecule has 3 N–H and O–H groups in total. The number of amides is 2. The fraction of sp³-hybridized carbons (Fsp3) is 0.611. The van der Waals surface area contributed by atoms with E-state index in [2.05, 4.69) is 15.2 Å². The molecule has 146 valence electrons. The van der Waals surface area contributed by atoms with Crippen LogP contribution in [0, 0.1) is 0 Å². The third-order valence-electron chi connectivity index (χ3n) is 4.52. The van der Waals surface area contributed by atoms with E-state index in [1.54, 1.807) is 13.1 Å². The molecule has 1 fully saturated rings. The van der Waals surface area contributed by atoms with Crippen molar-refractivity contribution in [2.45, 2.75) is 38.6 Å². The van der Waals surface area contributed by atoms with Crippen molar-refractivity contribution in [3.8, 4) is 0 Å². The number of piperazine rings is 1. The summed E-state index contributed by atoms with van der Waals surface area (Å²) in [4.78, 5) is 32.7. The van der Waals surface area contributed by atoms with E-state index in [0.717, 1.165) is 25.3 Å². The van der Waals surface area contributed by atoms with Crippen LogP contribution in [0.1, 0.15) is 33.1 Å². The van der Waals surface area contributed by atoms with Gasteiger partial charge in [-0.05, 0) is 25.5 Å². The average Bonchev–Trinajstić information content (AvgIpc) is 2.62. The first-order valence-corrected chi connectivity index (χ1v) is 8.95. The number of anilines is 1. The standard InChI is InChI=1S/C18H29N5O2.ClH/c1-3-8-18(2,19)17(25)21-10-7-16(24)23-13-11-22(12-14-23)15-6-4-5-9-20-15;/h4-6,9H,3,7-8,10-14,19H2,1-2H3,(H,21,25);1H. The summed E-state index contributed by atoms with van der Waals surface area (Å²) in [6, 6.07) is 5.84. The van der Waals surface area contributed by atoms with Crippen LogP contribution in [-0.2, 0) is 9.59 Å². The lowest BCUT2D eigenvalue weighted by Crippen LogP contribution is -2.52. The van der Waals surface area contributed by atoms with Crippen LogP contribution >= 0.6 is 12.4 Å². The summed E-state index contributed by atoms with van der Waals surface area (Å²) in [7, 11) is 0. The Morgan fingerprint density at radius 1 is 1.27 bits per heavy atom. The molecule has 1 aliphatic heterocycles. The zero-order valence-corrected chi connectivity index (χ0v) is 16.4. The van der Waals surface area contributed by atoms with E-state index in [1.165, 1.54) is 0 Å². The van der Waals surface area contributed by atoms with Crippen LogP contribution in [0.2, 0.25) is 0 Å². The van der Waals surface area contributed by atoms with Crippen LogP contribution in [0.4, 0.5) is 5.82 Å². The molecule has 1 aromatic rings. The van der Waals surface area contributed by atoms with E-state index >= 15 is 0 Å². The van der Waals surface area contributed by atoms with Crippen molar-refractivity contribution in [1.29, 1.82) is 0 Å². The molecular formula is C18H30ClN5O2. The molecule has 8 heteroatoms. The van der Waals surface area contributed by atoms with Crippen molar-refractivity contribution >= 4 is 30.0 Å². The van der Waals surface area contributed by atoms with Gasteiger partial charge < -0.3 is 20.9 Å². The van der Waals surface area contributed by atoms with Crippen molar-refractivity contribution in [2.24, 2.45) is 5.73 Å². The number of rotatable bonds is 7. The Labute approximate surface area is 161 Å². The Morgan fingerprint density at radius 2 is 1.96 bits per heavy atom. The van der Waals surface area contributed by atoms with Gasteiger partial charge in [0.15, 0.2) is 0 Å². The van der Waals surface area contributed by atoms with Crippen LogP contribution in [0.15, 0.2) is 24.4 Å². The second kappa shape index (κ2) is 10.3. The highest BCUT2D eigenvalue weighted by molar-refractivity contribution is 5.86. The minimum absolute atomic E-state index is 0. The number of aromatic nitrogens is 1. The Bertz CT molecular complexity index is 574. The predicted molar refractivity (Wildman–Crippen MR) is 105 cm³/mol. The second-order valence-electron chi connectivity index (χ2n) is 6.73. The van der Waals surface area contributed by atoms with E-state index in [4.69, 9.17) is 5.73 Å². The fourth-order valence-electron chi connectivity index (χ4n) is 3.00. The lowest BCUT2D eigenvalue weighted by atomic mass is 9.96. The van der Waals surface area contributed by atoms with Crippen LogP contribution in [0.5, 0.6) is 0 Å². The summed E-state index contributed by atoms with van der Waals surface area (Å²) in [6.45, 7) is 6.94. The number of nitrogens with two attached hydrogens (primary N) is 1. The molecule has 0 bridgehead atoms. The molecule has 0 radical (unpaired) electrons. The van der Waals surface area contributed by atoms with Gasteiger partial charge in [0.25, 0.3) is 0 Å². The van der Waals surface area contributed by atoms with Crippen molar-refractivity contribution < 1.29 is 9.59 Å². The quantitative estimate of drug-likeness (QED) is 0.737. The monoisotopic (exact) mass is 383 g/mol. The Hall–Kier alpha value is -1.86. The second-order valence-corrected chi connectivity index (χ2v) is 6.73. The van der Waals surface area contributed by atoms with Gasteiger partial charge in [-0.1, -0.05) is 19.4 Å². The molecule has 0 spiro atoms. The summed E-state index contributed by atoms with van der Waals surface area (Å²) < 4.78 is 0. The maximum absolute atomic E-state index is 12.3. The highest BCUT2D eigenvalue weighted by Gasteiger charge is 2.27. The van der Waals surface area contributed by atoms with E-state index in [0.29, 0.717) is 32.5 Å². The van der Waals surface area contributed by atoms with Gasteiger partial charge >= 0.3 is 0 Å². The highest BCUT2D eigenvalue weighted by Crippen LogP contribution is 2.13. The van der Waals surface area contributed by atoms with Crippen molar-refractivity contribution in [3.05, 3.63) is 24.4 Å².